The summed E-state index contributed by atoms with van der Waals surface area (Å²) in [5, 5.41) is 11.9. The van der Waals surface area contributed by atoms with Crippen LogP contribution in [0.25, 0.3) is 0 Å². The first-order valence-corrected chi connectivity index (χ1v) is 7.31. The van der Waals surface area contributed by atoms with Gasteiger partial charge in [0.15, 0.2) is 0 Å². The highest BCUT2D eigenvalue weighted by Gasteiger charge is 2.19. The van der Waals surface area contributed by atoms with Gasteiger partial charge >= 0.3 is 0 Å². The van der Waals surface area contributed by atoms with Crippen LogP contribution in [0.15, 0.2) is 24.4 Å². The summed E-state index contributed by atoms with van der Waals surface area (Å²) in [5.41, 5.74) is 3.44. The molecule has 0 aliphatic heterocycles. The average molecular weight is 312 g/mol. The van der Waals surface area contributed by atoms with Gasteiger partial charge in [-0.2, -0.15) is 5.10 Å². The number of hydrogen-bond acceptors (Lipinski definition) is 2. The Morgan fingerprint density at radius 2 is 1.85 bits per heavy atom. The number of halogens is 2. The highest BCUT2D eigenvalue weighted by atomic mass is 35.5. The summed E-state index contributed by atoms with van der Waals surface area (Å²) in [7, 11) is 0. The smallest absolute Gasteiger partial charge is 0.0535 e. The lowest BCUT2D eigenvalue weighted by molar-refractivity contribution is 0.553. The lowest BCUT2D eigenvalue weighted by Gasteiger charge is -2.18. The van der Waals surface area contributed by atoms with Gasteiger partial charge in [-0.05, 0) is 17.7 Å². The maximum atomic E-state index is 6.15. The van der Waals surface area contributed by atoms with Crippen molar-refractivity contribution in [2.45, 2.75) is 39.3 Å². The molecule has 2 aromatic rings. The van der Waals surface area contributed by atoms with Gasteiger partial charge < -0.3 is 5.32 Å². The molecule has 1 heterocycles. The molecule has 0 spiro atoms. The molecule has 0 aliphatic rings. The standard InChI is InChI=1S/C15H19Cl2N3/c1-15(2,3)14-11(9-19-20-14)8-18-7-10-4-5-12(16)6-13(10)17/h4-6,9,18H,7-8H2,1-3H3,(H,19,20). The summed E-state index contributed by atoms with van der Waals surface area (Å²) in [4.78, 5) is 0. The molecule has 0 bridgehead atoms. The fraction of sp³-hybridized carbons (Fsp3) is 0.400. The van der Waals surface area contributed by atoms with Gasteiger partial charge in [-0.15, -0.1) is 0 Å². The highest BCUT2D eigenvalue weighted by Crippen LogP contribution is 2.24. The number of hydrogen-bond donors (Lipinski definition) is 2. The van der Waals surface area contributed by atoms with Crippen molar-refractivity contribution in [2.24, 2.45) is 0 Å². The number of rotatable bonds is 4. The van der Waals surface area contributed by atoms with Crippen molar-refractivity contribution in [1.82, 2.24) is 15.5 Å². The van der Waals surface area contributed by atoms with Crippen LogP contribution in [0.1, 0.15) is 37.6 Å². The minimum atomic E-state index is 0.0609. The number of aromatic amines is 1. The predicted octanol–water partition coefficient (Wildman–Crippen LogP) is 4.30. The second-order valence-corrected chi connectivity index (χ2v) is 6.70. The second-order valence-electron chi connectivity index (χ2n) is 5.86. The van der Waals surface area contributed by atoms with Crippen LogP contribution in [-0.2, 0) is 18.5 Å². The molecule has 20 heavy (non-hydrogen) atoms. The largest absolute Gasteiger partial charge is 0.308 e. The molecule has 2 N–H and O–H groups in total. The van der Waals surface area contributed by atoms with Crippen molar-refractivity contribution < 1.29 is 0 Å². The van der Waals surface area contributed by atoms with E-state index in [1.54, 1.807) is 6.07 Å². The molecular weight excluding hydrogens is 293 g/mol. The van der Waals surface area contributed by atoms with Crippen LogP contribution >= 0.6 is 23.2 Å². The van der Waals surface area contributed by atoms with Crippen molar-refractivity contribution in [3.8, 4) is 0 Å². The quantitative estimate of drug-likeness (QED) is 0.883. The SMILES string of the molecule is CC(C)(C)c1[nH]ncc1CNCc1ccc(Cl)cc1Cl. The van der Waals surface area contributed by atoms with Gasteiger partial charge in [0.1, 0.15) is 0 Å². The van der Waals surface area contributed by atoms with E-state index in [1.807, 2.05) is 18.3 Å². The maximum absolute atomic E-state index is 6.15. The third kappa shape index (κ3) is 3.75. The first-order valence-electron chi connectivity index (χ1n) is 6.55. The van der Waals surface area contributed by atoms with Crippen molar-refractivity contribution in [3.63, 3.8) is 0 Å². The second kappa shape index (κ2) is 6.17. The molecule has 0 saturated carbocycles. The van der Waals surface area contributed by atoms with Gasteiger partial charge in [0.2, 0.25) is 0 Å². The molecular formula is C15H19Cl2N3. The van der Waals surface area contributed by atoms with Crippen molar-refractivity contribution in [2.75, 3.05) is 0 Å². The molecule has 0 amide bonds. The first-order chi connectivity index (χ1) is 9.38. The maximum Gasteiger partial charge on any atom is 0.0535 e. The lowest BCUT2D eigenvalue weighted by atomic mass is 9.89. The minimum absolute atomic E-state index is 0.0609. The number of nitrogens with zero attached hydrogens (tertiary/aromatic N) is 1. The van der Waals surface area contributed by atoms with Gasteiger partial charge in [0, 0.05) is 39.8 Å². The van der Waals surface area contributed by atoms with Gasteiger partial charge in [-0.3, -0.25) is 5.10 Å². The summed E-state index contributed by atoms with van der Waals surface area (Å²) in [5.74, 6) is 0. The summed E-state index contributed by atoms with van der Waals surface area (Å²) in [6.07, 6.45) is 1.87. The highest BCUT2D eigenvalue weighted by molar-refractivity contribution is 6.35. The third-order valence-electron chi connectivity index (χ3n) is 3.11. The normalized spacial score (nSPS) is 11.8. The Hall–Kier alpha value is -1.03. The Labute approximate surface area is 129 Å². The zero-order valence-electron chi connectivity index (χ0n) is 11.9. The van der Waals surface area contributed by atoms with E-state index < -0.39 is 0 Å². The number of H-pyrrole nitrogens is 1. The van der Waals surface area contributed by atoms with E-state index in [2.05, 4.69) is 36.3 Å². The fourth-order valence-electron chi connectivity index (χ4n) is 2.09. The summed E-state index contributed by atoms with van der Waals surface area (Å²) < 4.78 is 0. The Morgan fingerprint density at radius 1 is 1.15 bits per heavy atom. The topological polar surface area (TPSA) is 40.7 Å². The van der Waals surface area contributed by atoms with Gasteiger partial charge in [0.25, 0.3) is 0 Å². The molecule has 2 rings (SSSR count). The van der Waals surface area contributed by atoms with Crippen molar-refractivity contribution in [1.29, 1.82) is 0 Å². The monoisotopic (exact) mass is 311 g/mol. The van der Waals surface area contributed by atoms with E-state index in [9.17, 15) is 0 Å². The van der Waals surface area contributed by atoms with E-state index in [1.165, 1.54) is 5.56 Å². The molecule has 108 valence electrons. The van der Waals surface area contributed by atoms with E-state index in [4.69, 9.17) is 23.2 Å². The van der Waals surface area contributed by atoms with E-state index in [0.717, 1.165) is 17.8 Å². The number of nitrogens with one attached hydrogen (secondary N) is 2. The molecule has 1 aromatic heterocycles. The molecule has 0 fully saturated rings. The van der Waals surface area contributed by atoms with Crippen molar-refractivity contribution in [3.05, 3.63) is 51.3 Å². The van der Waals surface area contributed by atoms with Crippen LogP contribution in [0.3, 0.4) is 0 Å². The molecule has 5 heteroatoms. The lowest BCUT2D eigenvalue weighted by Crippen LogP contribution is -2.19. The van der Waals surface area contributed by atoms with Crippen LogP contribution < -0.4 is 5.32 Å². The summed E-state index contributed by atoms with van der Waals surface area (Å²) in [6.45, 7) is 7.95. The molecule has 0 radical (unpaired) electrons. The van der Waals surface area contributed by atoms with Gasteiger partial charge in [0.05, 0.1) is 6.20 Å². The Bertz CT molecular complexity index is 585. The van der Waals surface area contributed by atoms with Crippen LogP contribution in [0.5, 0.6) is 0 Å². The van der Waals surface area contributed by atoms with Crippen LogP contribution in [-0.4, -0.2) is 10.2 Å². The van der Waals surface area contributed by atoms with Crippen LogP contribution in [0.2, 0.25) is 10.0 Å². The Balaban J connectivity index is 1.98. The molecule has 3 nitrogen and oxygen atoms in total. The fourth-order valence-corrected chi connectivity index (χ4v) is 2.57. The molecule has 0 unspecified atom stereocenters. The van der Waals surface area contributed by atoms with E-state index >= 15 is 0 Å². The van der Waals surface area contributed by atoms with Crippen LogP contribution in [0.4, 0.5) is 0 Å². The Kier molecular flexibility index (Phi) is 4.74. The minimum Gasteiger partial charge on any atom is -0.308 e. The molecule has 0 saturated heterocycles. The van der Waals surface area contributed by atoms with E-state index in [0.29, 0.717) is 16.6 Å². The zero-order chi connectivity index (χ0) is 14.8. The zero-order valence-corrected chi connectivity index (χ0v) is 13.4. The van der Waals surface area contributed by atoms with E-state index in [-0.39, 0.29) is 5.41 Å². The van der Waals surface area contributed by atoms with Gasteiger partial charge in [-0.1, -0.05) is 50.0 Å². The van der Waals surface area contributed by atoms with Crippen LogP contribution in [0, 0.1) is 0 Å². The number of benzene rings is 1. The molecule has 0 aliphatic carbocycles. The first kappa shape index (κ1) is 15.4. The summed E-state index contributed by atoms with van der Waals surface area (Å²) in [6, 6.07) is 5.55. The molecule has 0 atom stereocenters. The predicted molar refractivity (Wildman–Crippen MR) is 84.3 cm³/mol. The Morgan fingerprint density at radius 3 is 2.50 bits per heavy atom. The average Bonchev–Trinajstić information content (AvgIpc) is 2.80. The van der Waals surface area contributed by atoms with Gasteiger partial charge in [-0.25, -0.2) is 0 Å². The summed E-state index contributed by atoms with van der Waals surface area (Å²) >= 11 is 12.0. The van der Waals surface area contributed by atoms with Crippen molar-refractivity contribution >= 4 is 23.2 Å². The third-order valence-corrected chi connectivity index (χ3v) is 3.70. The molecule has 1 aromatic carbocycles. The number of aromatic nitrogens is 2.